The van der Waals surface area contributed by atoms with Crippen molar-refractivity contribution in [1.29, 1.82) is 0 Å². The van der Waals surface area contributed by atoms with Crippen molar-refractivity contribution in [3.8, 4) is 0 Å². The average Bonchev–Trinajstić information content (AvgIpc) is 3.25. The Balaban J connectivity index is 1.57. The van der Waals surface area contributed by atoms with E-state index < -0.39 is 0 Å². The van der Waals surface area contributed by atoms with Gasteiger partial charge in [0.25, 0.3) is 11.8 Å². The predicted molar refractivity (Wildman–Crippen MR) is 96.8 cm³/mol. The van der Waals surface area contributed by atoms with Gasteiger partial charge in [0.2, 0.25) is 0 Å². The van der Waals surface area contributed by atoms with Crippen molar-refractivity contribution in [1.82, 2.24) is 15.1 Å². The number of hydrogen-bond acceptors (Lipinski definition) is 5. The van der Waals surface area contributed by atoms with Crippen molar-refractivity contribution in [2.24, 2.45) is 0 Å². The van der Waals surface area contributed by atoms with Crippen molar-refractivity contribution in [3.63, 3.8) is 0 Å². The summed E-state index contributed by atoms with van der Waals surface area (Å²) in [6.07, 6.45) is 1.75. The number of nitrogens with one attached hydrogen (secondary N) is 1. The first kappa shape index (κ1) is 17.7. The molecule has 0 aliphatic carbocycles. The number of carbonyl (C=O) groups is 2. The highest BCUT2D eigenvalue weighted by Gasteiger charge is 2.26. The number of piperidine rings is 1. The highest BCUT2D eigenvalue weighted by atomic mass is 32.1. The minimum absolute atomic E-state index is 0.0419. The van der Waals surface area contributed by atoms with Crippen LogP contribution >= 0.6 is 11.3 Å². The van der Waals surface area contributed by atoms with Crippen LogP contribution in [0.25, 0.3) is 0 Å². The number of rotatable bonds is 5. The smallest absolute Gasteiger partial charge is 0.287 e. The molecule has 3 heterocycles. The van der Waals surface area contributed by atoms with E-state index in [2.05, 4.69) is 5.32 Å². The number of hydrogen-bond donors (Lipinski definition) is 1. The monoisotopic (exact) mass is 361 g/mol. The molecule has 1 N–H and O–H groups in total. The largest absolute Gasteiger partial charge is 0.455 e. The highest BCUT2D eigenvalue weighted by Crippen LogP contribution is 2.18. The number of likely N-dealkylation sites (tertiary alicyclic amines) is 1. The van der Waals surface area contributed by atoms with Gasteiger partial charge in [-0.05, 0) is 50.5 Å². The van der Waals surface area contributed by atoms with Gasteiger partial charge in [0.15, 0.2) is 5.76 Å². The van der Waals surface area contributed by atoms with Gasteiger partial charge in [-0.25, -0.2) is 0 Å². The molecule has 0 aromatic carbocycles. The third kappa shape index (κ3) is 4.49. The lowest BCUT2D eigenvalue weighted by Gasteiger charge is -2.32. The molecule has 134 valence electrons. The summed E-state index contributed by atoms with van der Waals surface area (Å²) in [7, 11) is 3.90. The fraction of sp³-hybridized carbons (Fsp3) is 0.444. The van der Waals surface area contributed by atoms with Crippen molar-refractivity contribution in [3.05, 3.63) is 46.0 Å². The highest BCUT2D eigenvalue weighted by molar-refractivity contribution is 7.12. The van der Waals surface area contributed by atoms with Crippen LogP contribution < -0.4 is 5.32 Å². The second kappa shape index (κ2) is 7.84. The minimum Gasteiger partial charge on any atom is -0.455 e. The zero-order valence-electron chi connectivity index (χ0n) is 14.5. The van der Waals surface area contributed by atoms with E-state index in [1.807, 2.05) is 47.5 Å². The second-order valence-corrected chi connectivity index (χ2v) is 7.49. The fourth-order valence-corrected chi connectivity index (χ4v) is 3.68. The van der Waals surface area contributed by atoms with Gasteiger partial charge in [-0.3, -0.25) is 9.59 Å². The first-order valence-corrected chi connectivity index (χ1v) is 9.28. The standard InChI is InChI=1S/C18H23N3O3S/c1-20(2)12-14-7-8-15(24-14)17(22)19-13-5-3-9-21(11-13)18(23)16-6-4-10-25-16/h4,6-8,10,13H,3,5,9,11-12H2,1-2H3,(H,19,22). The Bertz CT molecular complexity index is 724. The Morgan fingerprint density at radius 3 is 2.92 bits per heavy atom. The van der Waals surface area contributed by atoms with E-state index in [0.717, 1.165) is 30.0 Å². The summed E-state index contributed by atoms with van der Waals surface area (Å²) >= 11 is 1.45. The van der Waals surface area contributed by atoms with Gasteiger partial charge in [0.05, 0.1) is 11.4 Å². The summed E-state index contributed by atoms with van der Waals surface area (Å²) in [4.78, 5) is 29.4. The second-order valence-electron chi connectivity index (χ2n) is 6.54. The van der Waals surface area contributed by atoms with Gasteiger partial charge in [0.1, 0.15) is 5.76 Å². The lowest BCUT2D eigenvalue weighted by Crippen LogP contribution is -2.49. The third-order valence-corrected chi connectivity index (χ3v) is 4.99. The Hall–Kier alpha value is -2.12. The van der Waals surface area contributed by atoms with Crippen molar-refractivity contribution >= 4 is 23.2 Å². The van der Waals surface area contributed by atoms with Crippen LogP contribution in [0.3, 0.4) is 0 Å². The van der Waals surface area contributed by atoms with Crippen LogP contribution in [-0.4, -0.2) is 54.8 Å². The topological polar surface area (TPSA) is 65.8 Å². The number of nitrogens with zero attached hydrogens (tertiary/aromatic N) is 2. The van der Waals surface area contributed by atoms with E-state index in [1.165, 1.54) is 11.3 Å². The zero-order chi connectivity index (χ0) is 17.8. The molecule has 0 spiro atoms. The molecule has 0 radical (unpaired) electrons. The van der Waals surface area contributed by atoms with Crippen molar-refractivity contribution in [2.45, 2.75) is 25.4 Å². The Kier molecular flexibility index (Phi) is 5.55. The predicted octanol–water partition coefficient (Wildman–Crippen LogP) is 2.44. The summed E-state index contributed by atoms with van der Waals surface area (Å²) in [5.74, 6) is 0.896. The van der Waals surface area contributed by atoms with E-state index in [-0.39, 0.29) is 17.9 Å². The molecule has 2 amide bonds. The van der Waals surface area contributed by atoms with Crippen LogP contribution in [0.1, 0.15) is 38.8 Å². The molecule has 0 bridgehead atoms. The number of thiophene rings is 1. The van der Waals surface area contributed by atoms with E-state index in [0.29, 0.717) is 18.8 Å². The van der Waals surface area contributed by atoms with E-state index in [1.54, 1.807) is 6.07 Å². The van der Waals surface area contributed by atoms with Gasteiger partial charge in [0, 0.05) is 19.1 Å². The maximum absolute atomic E-state index is 12.5. The van der Waals surface area contributed by atoms with Gasteiger partial charge in [-0.15, -0.1) is 11.3 Å². The van der Waals surface area contributed by atoms with Crippen molar-refractivity contribution < 1.29 is 14.0 Å². The maximum atomic E-state index is 12.5. The molecule has 2 aromatic rings. The molecule has 25 heavy (non-hydrogen) atoms. The summed E-state index contributed by atoms with van der Waals surface area (Å²) in [5, 5.41) is 4.90. The molecule has 3 rings (SSSR count). The van der Waals surface area contributed by atoms with Crippen LogP contribution in [-0.2, 0) is 6.54 Å². The molecule has 7 heteroatoms. The van der Waals surface area contributed by atoms with Gasteiger partial charge in [-0.1, -0.05) is 6.07 Å². The minimum atomic E-state index is -0.222. The summed E-state index contributed by atoms with van der Waals surface area (Å²) in [6, 6.07) is 7.19. The number of carbonyl (C=O) groups excluding carboxylic acids is 2. The molecule has 1 atom stereocenters. The molecule has 1 aliphatic rings. The van der Waals surface area contributed by atoms with Crippen LogP contribution in [0.2, 0.25) is 0 Å². The Labute approximate surface area is 151 Å². The first-order chi connectivity index (χ1) is 12.0. The first-order valence-electron chi connectivity index (χ1n) is 8.40. The number of furan rings is 1. The van der Waals surface area contributed by atoms with Gasteiger partial charge in [-0.2, -0.15) is 0 Å². The molecule has 1 saturated heterocycles. The molecule has 6 nitrogen and oxygen atoms in total. The molecule has 1 unspecified atom stereocenters. The van der Waals surface area contributed by atoms with Crippen LogP contribution in [0.4, 0.5) is 0 Å². The Morgan fingerprint density at radius 1 is 1.36 bits per heavy atom. The Morgan fingerprint density at radius 2 is 2.20 bits per heavy atom. The van der Waals surface area contributed by atoms with Crippen LogP contribution in [0.5, 0.6) is 0 Å². The molecular formula is C18H23N3O3S. The average molecular weight is 361 g/mol. The normalized spacial score (nSPS) is 17.7. The van der Waals surface area contributed by atoms with Gasteiger partial charge < -0.3 is 19.5 Å². The SMILES string of the molecule is CN(C)Cc1ccc(C(=O)NC2CCCN(C(=O)c3cccs3)C2)o1. The molecule has 1 fully saturated rings. The van der Waals surface area contributed by atoms with E-state index >= 15 is 0 Å². The third-order valence-electron chi connectivity index (χ3n) is 4.13. The van der Waals surface area contributed by atoms with Crippen molar-refractivity contribution in [2.75, 3.05) is 27.2 Å². The van der Waals surface area contributed by atoms with E-state index in [4.69, 9.17) is 4.42 Å². The maximum Gasteiger partial charge on any atom is 0.287 e. The fourth-order valence-electron chi connectivity index (χ4n) is 2.99. The molecule has 0 saturated carbocycles. The van der Waals surface area contributed by atoms with Crippen LogP contribution in [0.15, 0.2) is 34.1 Å². The quantitative estimate of drug-likeness (QED) is 0.888. The van der Waals surface area contributed by atoms with E-state index in [9.17, 15) is 9.59 Å². The zero-order valence-corrected chi connectivity index (χ0v) is 15.3. The molecule has 2 aromatic heterocycles. The summed E-state index contributed by atoms with van der Waals surface area (Å²) < 4.78 is 5.60. The molecular weight excluding hydrogens is 338 g/mol. The van der Waals surface area contributed by atoms with Crippen LogP contribution in [0, 0.1) is 0 Å². The van der Waals surface area contributed by atoms with Gasteiger partial charge >= 0.3 is 0 Å². The molecule has 1 aliphatic heterocycles. The lowest BCUT2D eigenvalue weighted by molar-refractivity contribution is 0.0676. The number of amides is 2. The summed E-state index contributed by atoms with van der Waals surface area (Å²) in [5.41, 5.74) is 0. The summed E-state index contributed by atoms with van der Waals surface area (Å²) in [6.45, 7) is 1.92. The lowest BCUT2D eigenvalue weighted by atomic mass is 10.1.